The predicted octanol–water partition coefficient (Wildman–Crippen LogP) is 1.58. The Labute approximate surface area is 70.3 Å². The fraction of sp³-hybridized carbons (Fsp3) is 0.167. The van der Waals surface area contributed by atoms with E-state index in [2.05, 4.69) is 20.9 Å². The van der Waals surface area contributed by atoms with E-state index in [0.717, 1.165) is 9.50 Å². The molecule has 1 atom stereocenters. The lowest BCUT2D eigenvalue weighted by Gasteiger charge is -1.93. The van der Waals surface area contributed by atoms with Gasteiger partial charge in [0.2, 0.25) is 0 Å². The Hall–Kier alpha value is -0.220. The van der Waals surface area contributed by atoms with Gasteiger partial charge in [-0.1, -0.05) is 0 Å². The first-order valence-corrected chi connectivity index (χ1v) is 5.00. The van der Waals surface area contributed by atoms with E-state index in [1.165, 1.54) is 0 Å². The lowest BCUT2D eigenvalue weighted by molar-refractivity contribution is 0.686. The summed E-state index contributed by atoms with van der Waals surface area (Å²) < 4.78 is 11.6. The van der Waals surface area contributed by atoms with Crippen LogP contribution in [0.2, 0.25) is 0 Å². The second-order valence-electron chi connectivity index (χ2n) is 1.77. The highest BCUT2D eigenvalue weighted by Crippen LogP contribution is 2.09. The first-order chi connectivity index (χ1) is 4.70. The normalized spacial score (nSPS) is 13.0. The van der Waals surface area contributed by atoms with Crippen LogP contribution in [0.4, 0.5) is 0 Å². The van der Waals surface area contributed by atoms with Crippen LogP contribution in [0, 0.1) is 0 Å². The number of nitrogens with zero attached hydrogens (tertiary/aromatic N) is 1. The lowest BCUT2D eigenvalue weighted by atomic mass is 10.5. The van der Waals surface area contributed by atoms with Crippen LogP contribution in [-0.4, -0.2) is 15.4 Å². The van der Waals surface area contributed by atoms with E-state index in [4.69, 9.17) is 0 Å². The summed E-state index contributed by atoms with van der Waals surface area (Å²) in [4.78, 5) is 4.70. The second-order valence-corrected chi connectivity index (χ2v) is 3.96. The molecule has 0 aromatic carbocycles. The van der Waals surface area contributed by atoms with Gasteiger partial charge in [0.1, 0.15) is 4.60 Å². The average molecular weight is 220 g/mol. The fourth-order valence-electron chi connectivity index (χ4n) is 0.564. The molecule has 0 fully saturated rings. The largest absolute Gasteiger partial charge is 0.255 e. The topological polar surface area (TPSA) is 30.0 Å². The summed E-state index contributed by atoms with van der Waals surface area (Å²) in [6.45, 7) is 0. The van der Waals surface area contributed by atoms with Crippen LogP contribution >= 0.6 is 15.9 Å². The molecular formula is C6H6BrNOS. The van der Waals surface area contributed by atoms with Crippen molar-refractivity contribution in [1.82, 2.24) is 4.98 Å². The van der Waals surface area contributed by atoms with Gasteiger partial charge < -0.3 is 0 Å². The summed E-state index contributed by atoms with van der Waals surface area (Å²) in [5, 5.41) is 0. The third kappa shape index (κ3) is 1.88. The summed E-state index contributed by atoms with van der Waals surface area (Å²) >= 11 is 3.18. The molecule has 1 aromatic heterocycles. The molecule has 1 aromatic rings. The third-order valence-electron chi connectivity index (χ3n) is 1.03. The van der Waals surface area contributed by atoms with Crippen LogP contribution in [0.25, 0.3) is 0 Å². The number of hydrogen-bond donors (Lipinski definition) is 0. The number of aromatic nitrogens is 1. The molecule has 10 heavy (non-hydrogen) atoms. The Morgan fingerprint density at radius 3 is 2.80 bits per heavy atom. The second kappa shape index (κ2) is 3.25. The minimum atomic E-state index is -0.909. The zero-order chi connectivity index (χ0) is 7.56. The molecule has 0 saturated carbocycles. The van der Waals surface area contributed by atoms with Gasteiger partial charge in [-0.05, 0) is 28.1 Å². The Morgan fingerprint density at radius 2 is 2.40 bits per heavy atom. The molecular weight excluding hydrogens is 214 g/mol. The van der Waals surface area contributed by atoms with Crippen molar-refractivity contribution in [2.45, 2.75) is 4.90 Å². The van der Waals surface area contributed by atoms with Crippen LogP contribution in [0.1, 0.15) is 0 Å². The van der Waals surface area contributed by atoms with E-state index >= 15 is 0 Å². The van der Waals surface area contributed by atoms with Gasteiger partial charge in [-0.25, -0.2) is 4.98 Å². The highest BCUT2D eigenvalue weighted by molar-refractivity contribution is 9.10. The van der Waals surface area contributed by atoms with Crippen molar-refractivity contribution in [2.75, 3.05) is 6.26 Å². The molecule has 0 bridgehead atoms. The molecule has 0 amide bonds. The molecule has 1 unspecified atom stereocenters. The summed E-state index contributed by atoms with van der Waals surface area (Å²) in [7, 11) is -0.909. The first-order valence-electron chi connectivity index (χ1n) is 2.65. The molecule has 0 aliphatic heterocycles. The SMILES string of the molecule is CS(=O)c1ccnc(Br)c1. The van der Waals surface area contributed by atoms with E-state index < -0.39 is 10.8 Å². The maximum absolute atomic E-state index is 10.9. The zero-order valence-electron chi connectivity index (χ0n) is 5.37. The summed E-state index contributed by atoms with van der Waals surface area (Å²) in [6.07, 6.45) is 3.27. The van der Waals surface area contributed by atoms with Crippen molar-refractivity contribution in [3.8, 4) is 0 Å². The summed E-state index contributed by atoms with van der Waals surface area (Å²) in [5.74, 6) is 0. The van der Waals surface area contributed by atoms with Gasteiger partial charge in [-0.2, -0.15) is 0 Å². The highest BCUT2D eigenvalue weighted by atomic mass is 79.9. The molecule has 0 aliphatic rings. The van der Waals surface area contributed by atoms with Gasteiger partial charge in [0.15, 0.2) is 0 Å². The number of halogens is 1. The van der Waals surface area contributed by atoms with Gasteiger partial charge in [0, 0.05) is 28.1 Å². The predicted molar refractivity (Wildman–Crippen MR) is 44.3 cm³/mol. The lowest BCUT2D eigenvalue weighted by Crippen LogP contribution is -1.87. The standard InChI is InChI=1S/C6H6BrNOS/c1-10(9)5-2-3-8-6(7)4-5/h2-4H,1H3. The van der Waals surface area contributed by atoms with Crippen molar-refractivity contribution in [3.05, 3.63) is 22.9 Å². The molecule has 2 nitrogen and oxygen atoms in total. The van der Waals surface area contributed by atoms with Gasteiger partial charge in [0.05, 0.1) is 0 Å². The van der Waals surface area contributed by atoms with E-state index in [9.17, 15) is 4.21 Å². The van der Waals surface area contributed by atoms with Crippen molar-refractivity contribution in [1.29, 1.82) is 0 Å². The van der Waals surface area contributed by atoms with Crippen LogP contribution in [-0.2, 0) is 10.8 Å². The Morgan fingerprint density at radius 1 is 1.70 bits per heavy atom. The van der Waals surface area contributed by atoms with Crippen LogP contribution in [0.5, 0.6) is 0 Å². The van der Waals surface area contributed by atoms with Crippen molar-refractivity contribution in [3.63, 3.8) is 0 Å². The molecule has 1 heterocycles. The average Bonchev–Trinajstić information content (AvgIpc) is 1.88. The van der Waals surface area contributed by atoms with Crippen molar-refractivity contribution >= 4 is 26.7 Å². The van der Waals surface area contributed by atoms with Gasteiger partial charge >= 0.3 is 0 Å². The Balaban J connectivity index is 3.07. The van der Waals surface area contributed by atoms with Crippen LogP contribution < -0.4 is 0 Å². The monoisotopic (exact) mass is 219 g/mol. The maximum atomic E-state index is 10.9. The third-order valence-corrected chi connectivity index (χ3v) is 2.38. The van der Waals surface area contributed by atoms with Gasteiger partial charge in [0.25, 0.3) is 0 Å². The Bertz CT molecular complexity index is 264. The first kappa shape index (κ1) is 7.88. The smallest absolute Gasteiger partial charge is 0.107 e. The van der Waals surface area contributed by atoms with Crippen molar-refractivity contribution < 1.29 is 4.21 Å². The quantitative estimate of drug-likeness (QED) is 0.672. The zero-order valence-corrected chi connectivity index (χ0v) is 7.78. The van der Waals surface area contributed by atoms with Crippen LogP contribution in [0.15, 0.2) is 27.8 Å². The summed E-state index contributed by atoms with van der Waals surface area (Å²) in [6, 6.07) is 3.48. The number of rotatable bonds is 1. The van der Waals surface area contributed by atoms with Gasteiger partial charge in [-0.3, -0.25) is 4.21 Å². The highest BCUT2D eigenvalue weighted by Gasteiger charge is 1.96. The van der Waals surface area contributed by atoms with E-state index in [1.54, 1.807) is 24.6 Å². The van der Waals surface area contributed by atoms with E-state index in [1.807, 2.05) is 0 Å². The molecule has 1 rings (SSSR count). The minimum absolute atomic E-state index is 0.722. The van der Waals surface area contributed by atoms with E-state index in [0.29, 0.717) is 0 Å². The van der Waals surface area contributed by atoms with E-state index in [-0.39, 0.29) is 0 Å². The molecule has 0 saturated heterocycles. The minimum Gasteiger partial charge on any atom is -0.255 e. The molecule has 0 radical (unpaired) electrons. The Kier molecular flexibility index (Phi) is 2.56. The maximum Gasteiger partial charge on any atom is 0.107 e. The molecule has 0 spiro atoms. The molecule has 54 valence electrons. The number of pyridine rings is 1. The molecule has 0 N–H and O–H groups in total. The van der Waals surface area contributed by atoms with Crippen molar-refractivity contribution in [2.24, 2.45) is 0 Å². The van der Waals surface area contributed by atoms with Gasteiger partial charge in [-0.15, -0.1) is 0 Å². The fourth-order valence-corrected chi connectivity index (χ4v) is 1.61. The summed E-state index contributed by atoms with van der Waals surface area (Å²) in [5.41, 5.74) is 0. The molecule has 4 heteroatoms. The number of hydrogen-bond acceptors (Lipinski definition) is 2. The molecule has 0 aliphatic carbocycles. The van der Waals surface area contributed by atoms with Crippen LogP contribution in [0.3, 0.4) is 0 Å².